The molecule has 0 unspecified atom stereocenters. The van der Waals surface area contributed by atoms with E-state index in [1.54, 1.807) is 36.4 Å². The number of rotatable bonds is 3. The Bertz CT molecular complexity index is 663. The lowest BCUT2D eigenvalue weighted by Gasteiger charge is -2.18. The molecule has 1 aromatic carbocycles. The molecule has 1 aliphatic rings. The van der Waals surface area contributed by atoms with E-state index in [0.717, 1.165) is 12.2 Å². The summed E-state index contributed by atoms with van der Waals surface area (Å²) in [4.78, 5) is 23.6. The molecule has 108 valence electrons. The lowest BCUT2D eigenvalue weighted by molar-refractivity contribution is -0.422. The maximum Gasteiger partial charge on any atom is 0.306 e. The van der Waals surface area contributed by atoms with Crippen molar-refractivity contribution in [1.29, 1.82) is 0 Å². The van der Waals surface area contributed by atoms with Gasteiger partial charge >= 0.3 is 5.70 Å². The number of carbonyl (C=O) groups is 1. The topological polar surface area (TPSA) is 63.5 Å². The lowest BCUT2D eigenvalue weighted by Crippen LogP contribution is -2.25. The van der Waals surface area contributed by atoms with Crippen molar-refractivity contribution in [3.8, 4) is 0 Å². The Labute approximate surface area is 120 Å². The van der Waals surface area contributed by atoms with Gasteiger partial charge in [-0.05, 0) is 24.6 Å². The molecule has 0 radical (unpaired) electrons. The van der Waals surface area contributed by atoms with Gasteiger partial charge in [-0.2, -0.15) is 4.39 Å². The summed E-state index contributed by atoms with van der Waals surface area (Å²) in [5.74, 6) is -1.21. The van der Waals surface area contributed by atoms with Crippen LogP contribution in [0.15, 0.2) is 65.8 Å². The Morgan fingerprint density at radius 1 is 1.29 bits per heavy atom. The predicted molar refractivity (Wildman–Crippen MR) is 75.5 cm³/mol. The van der Waals surface area contributed by atoms with Crippen LogP contribution >= 0.6 is 0 Å². The van der Waals surface area contributed by atoms with Crippen molar-refractivity contribution >= 4 is 5.91 Å². The van der Waals surface area contributed by atoms with Crippen LogP contribution in [0.2, 0.25) is 0 Å². The maximum absolute atomic E-state index is 13.5. The molecule has 6 heteroatoms. The van der Waals surface area contributed by atoms with E-state index in [1.807, 2.05) is 0 Å². The fraction of sp³-hybridized carbons (Fsp3) is 0.133. The summed E-state index contributed by atoms with van der Waals surface area (Å²) in [7, 11) is 1.50. The number of nitro groups is 1. The standard InChI is InChI=1S/C15H13FN2O3/c1-17(15(19)11-6-3-2-4-7-11)12-8-5-9-13(16)14(10-12)18(20)21/h2-4,6-10H,5H2,1H3. The first kappa shape index (κ1) is 14.6. The SMILES string of the molecule is CN(C(=O)c1ccccc1)C1=CCC=C(F)C([N+](=O)[O-])=C1. The number of nitrogens with zero attached hydrogens (tertiary/aromatic N) is 2. The fourth-order valence-electron chi connectivity index (χ4n) is 1.92. The number of carbonyl (C=O) groups excluding carboxylic acids is 1. The number of benzene rings is 1. The van der Waals surface area contributed by atoms with Crippen LogP contribution in [0.5, 0.6) is 0 Å². The molecule has 21 heavy (non-hydrogen) atoms. The molecular formula is C15H13FN2O3. The average molecular weight is 288 g/mol. The van der Waals surface area contributed by atoms with E-state index in [2.05, 4.69) is 0 Å². The summed E-state index contributed by atoms with van der Waals surface area (Å²) in [6, 6.07) is 8.52. The van der Waals surface area contributed by atoms with Gasteiger partial charge < -0.3 is 4.90 Å². The zero-order valence-corrected chi connectivity index (χ0v) is 11.3. The van der Waals surface area contributed by atoms with Crippen LogP contribution in [0.25, 0.3) is 0 Å². The van der Waals surface area contributed by atoms with Crippen LogP contribution in [-0.4, -0.2) is 22.8 Å². The predicted octanol–water partition coefficient (Wildman–Crippen LogP) is 3.06. The lowest BCUT2D eigenvalue weighted by atomic mass is 10.2. The summed E-state index contributed by atoms with van der Waals surface area (Å²) in [5, 5.41) is 10.9. The zero-order chi connectivity index (χ0) is 15.4. The summed E-state index contributed by atoms with van der Waals surface area (Å²) in [6.45, 7) is 0. The Morgan fingerprint density at radius 2 is 1.95 bits per heavy atom. The van der Waals surface area contributed by atoms with Gasteiger partial charge in [0.25, 0.3) is 5.91 Å². The Morgan fingerprint density at radius 3 is 2.57 bits per heavy atom. The molecule has 0 fully saturated rings. The van der Waals surface area contributed by atoms with Crippen molar-refractivity contribution in [2.45, 2.75) is 6.42 Å². The van der Waals surface area contributed by atoms with E-state index < -0.39 is 16.4 Å². The number of hydrogen-bond donors (Lipinski definition) is 0. The van der Waals surface area contributed by atoms with Gasteiger partial charge in [0.2, 0.25) is 0 Å². The number of likely N-dealkylation sites (N-methyl/N-ethyl adjacent to an activating group) is 1. The summed E-state index contributed by atoms with van der Waals surface area (Å²) < 4.78 is 13.5. The summed E-state index contributed by atoms with van der Waals surface area (Å²) in [6.07, 6.45) is 3.93. The van der Waals surface area contributed by atoms with Gasteiger partial charge in [-0.3, -0.25) is 14.9 Å². The molecule has 2 rings (SSSR count). The van der Waals surface area contributed by atoms with Crippen LogP contribution in [-0.2, 0) is 0 Å². The average Bonchev–Trinajstić information content (AvgIpc) is 2.68. The molecule has 0 bridgehead atoms. The second-order valence-corrected chi connectivity index (χ2v) is 4.43. The molecule has 0 atom stereocenters. The number of hydrogen-bond acceptors (Lipinski definition) is 3. The minimum atomic E-state index is -0.896. The first-order chi connectivity index (χ1) is 10.0. The third kappa shape index (κ3) is 3.22. The zero-order valence-electron chi connectivity index (χ0n) is 11.3. The molecule has 0 saturated carbocycles. The summed E-state index contributed by atoms with van der Waals surface area (Å²) >= 11 is 0. The summed E-state index contributed by atoms with van der Waals surface area (Å²) in [5.41, 5.74) is 0.0977. The van der Waals surface area contributed by atoms with Crippen LogP contribution in [0.4, 0.5) is 4.39 Å². The van der Waals surface area contributed by atoms with Gasteiger partial charge in [0, 0.05) is 24.4 Å². The second-order valence-electron chi connectivity index (χ2n) is 4.43. The van der Waals surface area contributed by atoms with E-state index in [9.17, 15) is 19.3 Å². The third-order valence-corrected chi connectivity index (χ3v) is 3.06. The number of amides is 1. The Balaban J connectivity index is 2.31. The van der Waals surface area contributed by atoms with Crippen molar-refractivity contribution in [3.05, 3.63) is 81.5 Å². The van der Waals surface area contributed by atoms with Crippen molar-refractivity contribution in [2.24, 2.45) is 0 Å². The van der Waals surface area contributed by atoms with E-state index in [1.165, 1.54) is 11.9 Å². The normalized spacial score (nSPS) is 14.5. The van der Waals surface area contributed by atoms with E-state index >= 15 is 0 Å². The molecule has 0 aliphatic heterocycles. The molecule has 1 aliphatic carbocycles. The highest BCUT2D eigenvalue weighted by Gasteiger charge is 2.23. The molecule has 1 aromatic rings. The monoisotopic (exact) mass is 288 g/mol. The molecule has 0 heterocycles. The van der Waals surface area contributed by atoms with E-state index in [0.29, 0.717) is 11.3 Å². The van der Waals surface area contributed by atoms with Gasteiger partial charge in [0.05, 0.1) is 4.92 Å². The van der Waals surface area contributed by atoms with Crippen LogP contribution in [0.1, 0.15) is 16.8 Å². The minimum absolute atomic E-state index is 0.182. The Kier molecular flexibility index (Phi) is 4.27. The van der Waals surface area contributed by atoms with Crippen molar-refractivity contribution in [2.75, 3.05) is 7.05 Å². The van der Waals surface area contributed by atoms with Crippen molar-refractivity contribution in [1.82, 2.24) is 4.90 Å². The molecule has 0 N–H and O–H groups in total. The van der Waals surface area contributed by atoms with Crippen molar-refractivity contribution < 1.29 is 14.1 Å². The second kappa shape index (κ2) is 6.13. The first-order valence-electron chi connectivity index (χ1n) is 6.26. The Hall–Kier alpha value is -2.76. The minimum Gasteiger partial charge on any atom is -0.311 e. The maximum atomic E-state index is 13.5. The number of allylic oxidation sites excluding steroid dienone is 4. The van der Waals surface area contributed by atoms with Gasteiger partial charge in [0.1, 0.15) is 0 Å². The van der Waals surface area contributed by atoms with Gasteiger partial charge in [-0.1, -0.05) is 24.3 Å². The number of halogens is 1. The van der Waals surface area contributed by atoms with Crippen LogP contribution < -0.4 is 0 Å². The van der Waals surface area contributed by atoms with Gasteiger partial charge in [-0.15, -0.1) is 0 Å². The first-order valence-corrected chi connectivity index (χ1v) is 6.26. The van der Waals surface area contributed by atoms with E-state index in [4.69, 9.17) is 0 Å². The fourth-order valence-corrected chi connectivity index (χ4v) is 1.92. The quantitative estimate of drug-likeness (QED) is 0.634. The highest BCUT2D eigenvalue weighted by atomic mass is 19.1. The van der Waals surface area contributed by atoms with Crippen LogP contribution in [0, 0.1) is 10.1 Å². The molecular weight excluding hydrogens is 275 g/mol. The molecule has 0 aromatic heterocycles. The van der Waals surface area contributed by atoms with Crippen molar-refractivity contribution in [3.63, 3.8) is 0 Å². The molecule has 0 spiro atoms. The molecule has 0 saturated heterocycles. The largest absolute Gasteiger partial charge is 0.311 e. The van der Waals surface area contributed by atoms with Gasteiger partial charge in [-0.25, -0.2) is 0 Å². The molecule has 1 amide bonds. The highest BCUT2D eigenvalue weighted by molar-refractivity contribution is 5.95. The van der Waals surface area contributed by atoms with E-state index in [-0.39, 0.29) is 12.3 Å². The van der Waals surface area contributed by atoms with Gasteiger partial charge in [0.15, 0.2) is 5.83 Å². The highest BCUT2D eigenvalue weighted by Crippen LogP contribution is 2.22. The van der Waals surface area contributed by atoms with Crippen LogP contribution in [0.3, 0.4) is 0 Å². The smallest absolute Gasteiger partial charge is 0.306 e. The molecule has 5 nitrogen and oxygen atoms in total. The third-order valence-electron chi connectivity index (χ3n) is 3.06.